The zero-order valence-electron chi connectivity index (χ0n) is 12.4. The van der Waals surface area contributed by atoms with E-state index in [0.717, 1.165) is 43.2 Å². The van der Waals surface area contributed by atoms with Gasteiger partial charge in [-0.15, -0.1) is 5.10 Å². The minimum atomic E-state index is -3.52. The van der Waals surface area contributed by atoms with Crippen molar-refractivity contribution in [3.63, 3.8) is 0 Å². The van der Waals surface area contributed by atoms with Crippen LogP contribution in [-0.2, 0) is 9.84 Å². The number of sulfone groups is 1. The van der Waals surface area contributed by atoms with E-state index in [2.05, 4.69) is 10.1 Å². The van der Waals surface area contributed by atoms with Crippen LogP contribution in [0.5, 0.6) is 0 Å². The molecule has 120 valence electrons. The smallest absolute Gasteiger partial charge is 0.323 e. The van der Waals surface area contributed by atoms with Gasteiger partial charge < -0.3 is 4.90 Å². The van der Waals surface area contributed by atoms with E-state index in [4.69, 9.17) is 0 Å². The van der Waals surface area contributed by atoms with Crippen LogP contribution in [0.1, 0.15) is 38.5 Å². The molecule has 0 radical (unpaired) electrons. The van der Waals surface area contributed by atoms with Crippen LogP contribution in [0.15, 0.2) is 11.5 Å². The number of hydrogen-bond donors (Lipinski definition) is 0. The average molecular weight is 324 g/mol. The number of rotatable bonds is 2. The fourth-order valence-electron chi connectivity index (χ4n) is 4.23. The molecular weight excluding hydrogens is 304 g/mol. The van der Waals surface area contributed by atoms with Gasteiger partial charge in [0, 0.05) is 13.1 Å². The molecule has 3 fully saturated rings. The molecule has 0 N–H and O–H groups in total. The summed E-state index contributed by atoms with van der Waals surface area (Å²) >= 11 is 0. The van der Waals surface area contributed by atoms with Crippen molar-refractivity contribution in [2.24, 2.45) is 11.8 Å². The first-order valence-electron chi connectivity index (χ1n) is 8.00. The molecule has 4 rings (SSSR count). The molecule has 2 saturated carbocycles. The topological polar surface area (TPSA) is 85.2 Å². The summed E-state index contributed by atoms with van der Waals surface area (Å²) in [6, 6.07) is -0.278. The highest BCUT2D eigenvalue weighted by Crippen LogP contribution is 2.48. The van der Waals surface area contributed by atoms with Crippen molar-refractivity contribution in [3.8, 4) is 0 Å². The van der Waals surface area contributed by atoms with Gasteiger partial charge in [0.25, 0.3) is 5.16 Å². The molecule has 1 aliphatic heterocycles. The van der Waals surface area contributed by atoms with Crippen molar-refractivity contribution in [3.05, 3.63) is 6.33 Å². The zero-order valence-corrected chi connectivity index (χ0v) is 13.2. The van der Waals surface area contributed by atoms with Crippen LogP contribution in [0, 0.1) is 11.8 Å². The number of carbonyl (C=O) groups excluding carboxylic acids is 1. The molecule has 8 heteroatoms. The molecule has 0 unspecified atom stereocenters. The SMILES string of the molecule is O=C(N1CCCC1)n1cnc(S(=O)(=O)[C@@H]2C[C@@H]3CC[C@H]2C3)n1. The lowest BCUT2D eigenvalue weighted by molar-refractivity contribution is 0.207. The Balaban J connectivity index is 1.57. The first-order valence-corrected chi connectivity index (χ1v) is 9.55. The van der Waals surface area contributed by atoms with Gasteiger partial charge in [0.2, 0.25) is 9.84 Å². The van der Waals surface area contributed by atoms with Gasteiger partial charge in [0.05, 0.1) is 5.25 Å². The second-order valence-corrected chi connectivity index (χ2v) is 8.77. The highest BCUT2D eigenvalue weighted by atomic mass is 32.2. The number of amides is 1. The van der Waals surface area contributed by atoms with Crippen molar-refractivity contribution < 1.29 is 13.2 Å². The Morgan fingerprint density at radius 2 is 1.95 bits per heavy atom. The molecule has 1 aromatic rings. The number of carbonyl (C=O) groups is 1. The molecular formula is C14H20N4O3S. The molecule has 2 bridgehead atoms. The molecule has 22 heavy (non-hydrogen) atoms. The minimum Gasteiger partial charge on any atom is -0.323 e. The number of hydrogen-bond acceptors (Lipinski definition) is 5. The van der Waals surface area contributed by atoms with Crippen LogP contribution in [0.3, 0.4) is 0 Å². The van der Waals surface area contributed by atoms with Crippen LogP contribution >= 0.6 is 0 Å². The van der Waals surface area contributed by atoms with Gasteiger partial charge in [-0.25, -0.2) is 18.2 Å². The maximum Gasteiger partial charge on any atom is 0.346 e. The molecule has 3 atom stereocenters. The summed E-state index contributed by atoms with van der Waals surface area (Å²) in [6.07, 6.45) is 7.07. The number of likely N-dealkylation sites (tertiary alicyclic amines) is 1. The third-order valence-electron chi connectivity index (χ3n) is 5.37. The van der Waals surface area contributed by atoms with Gasteiger partial charge in [-0.3, -0.25) is 0 Å². The molecule has 0 aromatic carbocycles. The predicted molar refractivity (Wildman–Crippen MR) is 78.0 cm³/mol. The third kappa shape index (κ3) is 2.15. The molecule has 7 nitrogen and oxygen atoms in total. The Morgan fingerprint density at radius 3 is 2.59 bits per heavy atom. The first kappa shape index (κ1) is 14.2. The van der Waals surface area contributed by atoms with Crippen LogP contribution < -0.4 is 0 Å². The van der Waals surface area contributed by atoms with Crippen molar-refractivity contribution in [1.29, 1.82) is 0 Å². The van der Waals surface area contributed by atoms with E-state index in [0.29, 0.717) is 19.0 Å². The molecule has 2 aliphatic carbocycles. The fourth-order valence-corrected chi connectivity index (χ4v) is 6.17. The molecule has 2 heterocycles. The summed E-state index contributed by atoms with van der Waals surface area (Å²) in [7, 11) is -3.52. The Hall–Kier alpha value is -1.44. The summed E-state index contributed by atoms with van der Waals surface area (Å²) in [4.78, 5) is 17.8. The van der Waals surface area contributed by atoms with E-state index < -0.39 is 9.84 Å². The van der Waals surface area contributed by atoms with E-state index in [1.165, 1.54) is 6.33 Å². The first-order chi connectivity index (χ1) is 10.6. The Labute approximate surface area is 129 Å². The lowest BCUT2D eigenvalue weighted by atomic mass is 10.0. The normalized spacial score (nSPS) is 31.1. The van der Waals surface area contributed by atoms with E-state index in [9.17, 15) is 13.2 Å². The summed E-state index contributed by atoms with van der Waals surface area (Å²) in [5.74, 6) is 0.786. The standard InChI is InChI=1S/C14H20N4O3S/c19-14(17-5-1-2-6-17)18-9-15-13(16-18)22(20,21)12-8-10-3-4-11(12)7-10/h9-12H,1-8H2/t10-,11+,12-/m1/s1. The van der Waals surface area contributed by atoms with Crippen LogP contribution in [-0.4, -0.2) is 52.5 Å². The van der Waals surface area contributed by atoms with Crippen LogP contribution in [0.2, 0.25) is 0 Å². The summed E-state index contributed by atoms with van der Waals surface area (Å²) < 4.78 is 26.5. The van der Waals surface area contributed by atoms with Gasteiger partial charge in [-0.2, -0.15) is 4.68 Å². The summed E-state index contributed by atoms with van der Waals surface area (Å²) in [5.41, 5.74) is 0. The van der Waals surface area contributed by atoms with Gasteiger partial charge in [-0.05, 0) is 43.9 Å². The van der Waals surface area contributed by atoms with Crippen LogP contribution in [0.4, 0.5) is 4.79 Å². The minimum absolute atomic E-state index is 0.183. The Bertz CT molecular complexity index is 693. The Kier molecular flexibility index (Phi) is 3.25. The average Bonchev–Trinajstić information content (AvgIpc) is 3.30. The second kappa shape index (κ2) is 5.04. The quantitative estimate of drug-likeness (QED) is 0.818. The molecule has 1 aromatic heterocycles. The van der Waals surface area contributed by atoms with E-state index in [-0.39, 0.29) is 22.4 Å². The van der Waals surface area contributed by atoms with Crippen molar-refractivity contribution >= 4 is 15.9 Å². The van der Waals surface area contributed by atoms with Gasteiger partial charge in [-0.1, -0.05) is 6.42 Å². The zero-order chi connectivity index (χ0) is 15.3. The molecule has 1 amide bonds. The number of aromatic nitrogens is 3. The van der Waals surface area contributed by atoms with Crippen molar-refractivity contribution in [1.82, 2.24) is 19.7 Å². The lowest BCUT2D eigenvalue weighted by Gasteiger charge is -2.19. The van der Waals surface area contributed by atoms with E-state index in [1.807, 2.05) is 0 Å². The highest BCUT2D eigenvalue weighted by molar-refractivity contribution is 7.91. The lowest BCUT2D eigenvalue weighted by Crippen LogP contribution is -2.33. The number of nitrogens with zero attached hydrogens (tertiary/aromatic N) is 4. The predicted octanol–water partition coefficient (Wildman–Crippen LogP) is 1.30. The van der Waals surface area contributed by atoms with Gasteiger partial charge in [0.15, 0.2) is 0 Å². The van der Waals surface area contributed by atoms with Crippen molar-refractivity contribution in [2.75, 3.05) is 13.1 Å². The van der Waals surface area contributed by atoms with Gasteiger partial charge >= 0.3 is 6.03 Å². The Morgan fingerprint density at radius 1 is 1.18 bits per heavy atom. The monoisotopic (exact) mass is 324 g/mol. The fraction of sp³-hybridized carbons (Fsp3) is 0.786. The van der Waals surface area contributed by atoms with Gasteiger partial charge in [0.1, 0.15) is 6.33 Å². The van der Waals surface area contributed by atoms with E-state index in [1.54, 1.807) is 4.90 Å². The van der Waals surface area contributed by atoms with Crippen LogP contribution in [0.25, 0.3) is 0 Å². The third-order valence-corrected chi connectivity index (χ3v) is 7.44. The largest absolute Gasteiger partial charge is 0.346 e. The summed E-state index contributed by atoms with van der Waals surface area (Å²) in [6.45, 7) is 1.40. The highest BCUT2D eigenvalue weighted by Gasteiger charge is 2.47. The van der Waals surface area contributed by atoms with Crippen molar-refractivity contribution in [2.45, 2.75) is 48.9 Å². The van der Waals surface area contributed by atoms with E-state index >= 15 is 0 Å². The number of fused-ring (bicyclic) bond motifs is 2. The summed E-state index contributed by atoms with van der Waals surface area (Å²) in [5, 5.41) is 3.44. The maximum absolute atomic E-state index is 12.7. The maximum atomic E-state index is 12.7. The second-order valence-electron chi connectivity index (χ2n) is 6.71. The molecule has 3 aliphatic rings. The molecule has 0 spiro atoms. The molecule has 1 saturated heterocycles.